The van der Waals surface area contributed by atoms with E-state index < -0.39 is 46.1 Å². The summed E-state index contributed by atoms with van der Waals surface area (Å²) < 4.78 is 104. The van der Waals surface area contributed by atoms with Crippen molar-refractivity contribution < 1.29 is 39.6 Å². The lowest BCUT2D eigenvalue weighted by Gasteiger charge is -2.35. The minimum Gasteiger partial charge on any atom is -0.348 e. The lowest BCUT2D eigenvalue weighted by atomic mass is 9.88. The Hall–Kier alpha value is -3.68. The second-order valence-corrected chi connectivity index (χ2v) is 11.2. The number of carbonyl (C=O) groups excluding carboxylic acids is 1. The fourth-order valence-corrected chi connectivity index (χ4v) is 5.03. The topological polar surface area (TPSA) is 92.3 Å². The monoisotopic (exact) mass is 572 g/mol. The van der Waals surface area contributed by atoms with Crippen LogP contribution in [0, 0.1) is 0 Å². The molecule has 0 saturated carbocycles. The molecule has 0 bridgehead atoms. The highest BCUT2D eigenvalue weighted by Crippen LogP contribution is 2.41. The predicted octanol–water partition coefficient (Wildman–Crippen LogP) is 4.89. The highest BCUT2D eigenvalue weighted by molar-refractivity contribution is 7.91. The number of sulfone groups is 1. The Labute approximate surface area is 219 Å². The number of hydrogen-bond donors (Lipinski definition) is 1. The van der Waals surface area contributed by atoms with E-state index in [1.54, 1.807) is 12.1 Å². The summed E-state index contributed by atoms with van der Waals surface area (Å²) in [5.74, 6) is -2.90. The molecule has 1 aliphatic heterocycles. The molecule has 0 radical (unpaired) electrons. The van der Waals surface area contributed by atoms with Gasteiger partial charge in [-0.3, -0.25) is 4.79 Å². The van der Waals surface area contributed by atoms with Gasteiger partial charge in [0.15, 0.2) is 9.84 Å². The number of amides is 1. The zero-order valence-electron chi connectivity index (χ0n) is 20.3. The quantitative estimate of drug-likeness (QED) is 0.424. The number of carbonyl (C=O) groups is 1. The maximum absolute atomic E-state index is 13.9. The summed E-state index contributed by atoms with van der Waals surface area (Å²) in [6, 6.07) is 9.74. The van der Waals surface area contributed by atoms with Gasteiger partial charge in [0, 0.05) is 37.6 Å². The summed E-state index contributed by atoms with van der Waals surface area (Å²) in [4.78, 5) is 21.3. The van der Waals surface area contributed by atoms with E-state index in [1.165, 1.54) is 37.3 Å². The molecule has 7 nitrogen and oxygen atoms in total. The first kappa shape index (κ1) is 28.3. The fraction of sp³-hybridized carbons (Fsp3) is 0.320. The Morgan fingerprint density at radius 1 is 1.03 bits per heavy atom. The molecule has 1 aromatic heterocycles. The van der Waals surface area contributed by atoms with Gasteiger partial charge in [-0.05, 0) is 41.0 Å². The van der Waals surface area contributed by atoms with Gasteiger partial charge in [0.25, 0.3) is 5.91 Å². The van der Waals surface area contributed by atoms with Crippen LogP contribution in [-0.4, -0.2) is 42.8 Å². The smallest absolute Gasteiger partial charge is 0.348 e. The highest BCUT2D eigenvalue weighted by atomic mass is 32.2. The number of anilines is 1. The van der Waals surface area contributed by atoms with Crippen molar-refractivity contribution >= 4 is 21.7 Å². The summed E-state index contributed by atoms with van der Waals surface area (Å²) in [5, 5.41) is 2.64. The predicted molar refractivity (Wildman–Crippen MR) is 129 cm³/mol. The summed E-state index contributed by atoms with van der Waals surface area (Å²) in [5.41, 5.74) is -0.324. The third-order valence-electron chi connectivity index (χ3n) is 6.30. The van der Waals surface area contributed by atoms with Gasteiger partial charge in [-0.25, -0.2) is 18.4 Å². The molecule has 0 fully saturated rings. The molecular weight excluding hydrogens is 550 g/mol. The van der Waals surface area contributed by atoms with Crippen LogP contribution in [0.25, 0.3) is 0 Å². The van der Waals surface area contributed by atoms with Gasteiger partial charge in [0.1, 0.15) is 0 Å². The Bertz CT molecular complexity index is 1460. The fourth-order valence-electron chi connectivity index (χ4n) is 4.14. The van der Waals surface area contributed by atoms with Crippen molar-refractivity contribution in [3.63, 3.8) is 0 Å². The Morgan fingerprint density at radius 3 is 2.23 bits per heavy atom. The van der Waals surface area contributed by atoms with Crippen LogP contribution in [0.15, 0.2) is 59.8 Å². The lowest BCUT2D eigenvalue weighted by Crippen LogP contribution is -2.40. The van der Waals surface area contributed by atoms with Crippen molar-refractivity contribution in [2.24, 2.45) is 0 Å². The van der Waals surface area contributed by atoms with Crippen LogP contribution in [0.2, 0.25) is 0 Å². The van der Waals surface area contributed by atoms with E-state index in [9.17, 15) is 39.6 Å². The van der Waals surface area contributed by atoms with E-state index in [0.717, 1.165) is 4.90 Å². The van der Waals surface area contributed by atoms with Crippen LogP contribution in [-0.2, 0) is 29.1 Å². The number of halogens is 6. The van der Waals surface area contributed by atoms with Crippen LogP contribution in [0.1, 0.15) is 45.5 Å². The first-order chi connectivity index (χ1) is 18.2. The normalized spacial score (nSPS) is 16.1. The third-order valence-corrected chi connectivity index (χ3v) is 8.05. The molecule has 39 heavy (non-hydrogen) atoms. The minimum atomic E-state index is -4.70. The van der Waals surface area contributed by atoms with E-state index in [1.807, 2.05) is 0 Å². The molecule has 0 unspecified atom stereocenters. The molecule has 2 heterocycles. The first-order valence-corrected chi connectivity index (χ1v) is 13.3. The van der Waals surface area contributed by atoms with Crippen LogP contribution in [0.5, 0.6) is 0 Å². The third kappa shape index (κ3) is 6.32. The molecule has 1 aliphatic rings. The molecule has 1 amide bonds. The lowest BCUT2D eigenvalue weighted by molar-refractivity contribution is -0.149. The summed E-state index contributed by atoms with van der Waals surface area (Å²) in [6.45, 7) is 0.812. The molecule has 1 atom stereocenters. The van der Waals surface area contributed by atoms with Crippen molar-refractivity contribution in [1.29, 1.82) is 0 Å². The largest absolute Gasteiger partial charge is 0.419 e. The average Bonchev–Trinajstić information content (AvgIpc) is 2.90. The van der Waals surface area contributed by atoms with E-state index >= 15 is 0 Å². The maximum Gasteiger partial charge on any atom is 0.419 e. The van der Waals surface area contributed by atoms with Gasteiger partial charge in [-0.15, -0.1) is 0 Å². The maximum atomic E-state index is 13.9. The molecule has 3 aromatic rings. The Balaban J connectivity index is 1.54. The molecule has 2 aromatic carbocycles. The second kappa shape index (κ2) is 10.5. The Kier molecular flexibility index (Phi) is 7.61. The van der Waals surface area contributed by atoms with Crippen LogP contribution >= 0.6 is 0 Å². The molecule has 1 N–H and O–H groups in total. The van der Waals surface area contributed by atoms with Crippen molar-refractivity contribution in [2.75, 3.05) is 17.2 Å². The van der Waals surface area contributed by atoms with Gasteiger partial charge < -0.3 is 10.2 Å². The van der Waals surface area contributed by atoms with Crippen LogP contribution in [0.3, 0.4) is 0 Å². The van der Waals surface area contributed by atoms with Crippen molar-refractivity contribution in [2.45, 2.75) is 43.2 Å². The van der Waals surface area contributed by atoms with Gasteiger partial charge in [0.05, 0.1) is 22.1 Å². The van der Waals surface area contributed by atoms with E-state index in [-0.39, 0.29) is 46.4 Å². The van der Waals surface area contributed by atoms with Gasteiger partial charge in [-0.1, -0.05) is 25.1 Å². The average molecular weight is 573 g/mol. The van der Waals surface area contributed by atoms with Crippen LogP contribution in [0.4, 0.5) is 32.3 Å². The second-order valence-electron chi connectivity index (χ2n) is 8.89. The van der Waals surface area contributed by atoms with E-state index in [4.69, 9.17) is 0 Å². The number of aromatic nitrogens is 2. The van der Waals surface area contributed by atoms with Crippen molar-refractivity contribution in [3.05, 3.63) is 82.7 Å². The standard InChI is InChI=1S/C25H22F6N4O3S/c1-2-39(37,38)19-6-3-15(4-7-19)10-32-22(36)16-5-8-20-17(9-16)13-35(14-21(20)25(29,30)31)23-33-11-18(12-34-23)24(26,27)28/h3-9,11-12,21H,2,10,13-14H2,1H3,(H,32,36)/t21-/m1/s1. The molecule has 0 aliphatic carbocycles. The van der Waals surface area contributed by atoms with E-state index in [0.29, 0.717) is 18.0 Å². The molecule has 0 saturated heterocycles. The summed E-state index contributed by atoms with van der Waals surface area (Å²) in [6.07, 6.45) is -8.34. The molecule has 14 heteroatoms. The molecular formula is C25H22F6N4O3S. The molecule has 208 valence electrons. The number of hydrogen-bond acceptors (Lipinski definition) is 6. The van der Waals surface area contributed by atoms with Gasteiger partial charge in [0.2, 0.25) is 5.95 Å². The number of alkyl halides is 6. The SMILES string of the molecule is CCS(=O)(=O)c1ccc(CNC(=O)c2ccc3c(c2)CN(c2ncc(C(F)(F)F)cn2)C[C@H]3C(F)(F)F)cc1. The Morgan fingerprint density at radius 2 is 1.67 bits per heavy atom. The number of nitrogens with zero attached hydrogens (tertiary/aromatic N) is 3. The zero-order chi connectivity index (χ0) is 28.6. The molecule has 0 spiro atoms. The van der Waals surface area contributed by atoms with Crippen molar-refractivity contribution in [3.8, 4) is 0 Å². The first-order valence-electron chi connectivity index (χ1n) is 11.6. The number of rotatable bonds is 6. The number of nitrogens with one attached hydrogen (secondary N) is 1. The van der Waals surface area contributed by atoms with E-state index in [2.05, 4.69) is 15.3 Å². The summed E-state index contributed by atoms with van der Waals surface area (Å²) >= 11 is 0. The molecule has 4 rings (SSSR count). The van der Waals surface area contributed by atoms with Crippen molar-refractivity contribution in [1.82, 2.24) is 15.3 Å². The highest BCUT2D eigenvalue weighted by Gasteiger charge is 2.45. The van der Waals surface area contributed by atoms with Gasteiger partial charge in [-0.2, -0.15) is 26.3 Å². The zero-order valence-corrected chi connectivity index (χ0v) is 21.2. The minimum absolute atomic E-state index is 0.0407. The summed E-state index contributed by atoms with van der Waals surface area (Å²) in [7, 11) is -3.38. The number of fused-ring (bicyclic) bond motifs is 1. The van der Waals surface area contributed by atoms with Gasteiger partial charge >= 0.3 is 12.4 Å². The van der Waals surface area contributed by atoms with Crippen LogP contribution < -0.4 is 10.2 Å². The number of benzene rings is 2.